The summed E-state index contributed by atoms with van der Waals surface area (Å²) in [6, 6.07) is 8.64. The first kappa shape index (κ1) is 17.6. The van der Waals surface area contributed by atoms with E-state index in [2.05, 4.69) is 21.6 Å². The molecule has 24 heavy (non-hydrogen) atoms. The summed E-state index contributed by atoms with van der Waals surface area (Å²) in [6.45, 7) is 6.58. The molecule has 0 saturated carbocycles. The second-order valence-electron chi connectivity index (χ2n) is 6.54. The minimum absolute atomic E-state index is 0.252. The van der Waals surface area contributed by atoms with Gasteiger partial charge in [-0.15, -0.1) is 0 Å². The van der Waals surface area contributed by atoms with E-state index in [0.717, 1.165) is 50.0 Å². The van der Waals surface area contributed by atoms with E-state index in [9.17, 15) is 4.79 Å². The monoisotopic (exact) mass is 348 g/mol. The Balaban J connectivity index is 1.51. The van der Waals surface area contributed by atoms with Gasteiger partial charge in [0.25, 0.3) is 0 Å². The summed E-state index contributed by atoms with van der Waals surface area (Å²) >= 11 is 2.06. The number of carbonyl (C=O) groups excluding carboxylic acids is 1. The SMILES string of the molecule is CCOc1ccc(CC(=O)N2CCCN(C3CCSC3)CC2)cc1. The number of rotatable bonds is 5. The van der Waals surface area contributed by atoms with Crippen LogP contribution in [-0.2, 0) is 11.2 Å². The molecule has 1 atom stereocenters. The smallest absolute Gasteiger partial charge is 0.227 e. The lowest BCUT2D eigenvalue weighted by atomic mass is 10.1. The van der Waals surface area contributed by atoms with Crippen LogP contribution in [0.15, 0.2) is 24.3 Å². The number of thioether (sulfide) groups is 1. The van der Waals surface area contributed by atoms with Crippen LogP contribution < -0.4 is 4.74 Å². The van der Waals surface area contributed by atoms with E-state index in [1.807, 2.05) is 31.2 Å². The van der Waals surface area contributed by atoms with Gasteiger partial charge in [0.2, 0.25) is 5.91 Å². The van der Waals surface area contributed by atoms with Crippen molar-refractivity contribution in [1.29, 1.82) is 0 Å². The van der Waals surface area contributed by atoms with Crippen molar-refractivity contribution in [3.63, 3.8) is 0 Å². The second kappa shape index (κ2) is 8.77. The van der Waals surface area contributed by atoms with E-state index in [1.54, 1.807) is 0 Å². The Bertz CT molecular complexity index is 529. The highest BCUT2D eigenvalue weighted by molar-refractivity contribution is 7.99. The maximum Gasteiger partial charge on any atom is 0.227 e. The van der Waals surface area contributed by atoms with Crippen molar-refractivity contribution in [3.05, 3.63) is 29.8 Å². The summed E-state index contributed by atoms with van der Waals surface area (Å²) < 4.78 is 5.46. The van der Waals surface area contributed by atoms with E-state index in [0.29, 0.717) is 13.0 Å². The Morgan fingerprint density at radius 1 is 1.21 bits per heavy atom. The summed E-state index contributed by atoms with van der Waals surface area (Å²) in [5.41, 5.74) is 1.07. The van der Waals surface area contributed by atoms with Crippen molar-refractivity contribution in [2.75, 3.05) is 44.3 Å². The molecule has 1 aromatic rings. The maximum absolute atomic E-state index is 12.6. The molecular weight excluding hydrogens is 320 g/mol. The maximum atomic E-state index is 12.6. The molecule has 2 aliphatic rings. The highest BCUT2D eigenvalue weighted by Gasteiger charge is 2.26. The van der Waals surface area contributed by atoms with Crippen LogP contribution in [0.25, 0.3) is 0 Å². The molecule has 0 aromatic heterocycles. The zero-order valence-corrected chi connectivity index (χ0v) is 15.4. The Morgan fingerprint density at radius 2 is 2.04 bits per heavy atom. The normalized spacial score (nSPS) is 22.4. The average molecular weight is 349 g/mol. The van der Waals surface area contributed by atoms with Gasteiger partial charge in [0.15, 0.2) is 0 Å². The molecule has 1 aromatic carbocycles. The molecule has 0 aliphatic carbocycles. The molecule has 2 saturated heterocycles. The minimum Gasteiger partial charge on any atom is -0.494 e. The summed E-state index contributed by atoms with van der Waals surface area (Å²) in [5, 5.41) is 0. The van der Waals surface area contributed by atoms with Crippen molar-refractivity contribution < 1.29 is 9.53 Å². The zero-order chi connectivity index (χ0) is 16.8. The molecule has 2 aliphatic heterocycles. The summed E-state index contributed by atoms with van der Waals surface area (Å²) in [7, 11) is 0. The van der Waals surface area contributed by atoms with Gasteiger partial charge in [-0.3, -0.25) is 9.69 Å². The fourth-order valence-corrected chi connectivity index (χ4v) is 4.77. The Morgan fingerprint density at radius 3 is 2.75 bits per heavy atom. The summed E-state index contributed by atoms with van der Waals surface area (Å²) in [5.74, 6) is 3.68. The van der Waals surface area contributed by atoms with Crippen LogP contribution in [0.2, 0.25) is 0 Å². The number of hydrogen-bond acceptors (Lipinski definition) is 4. The van der Waals surface area contributed by atoms with Crippen molar-refractivity contribution in [2.45, 2.75) is 32.2 Å². The van der Waals surface area contributed by atoms with Crippen LogP contribution in [0, 0.1) is 0 Å². The number of benzene rings is 1. The van der Waals surface area contributed by atoms with Crippen molar-refractivity contribution in [2.24, 2.45) is 0 Å². The molecule has 1 amide bonds. The first-order valence-electron chi connectivity index (χ1n) is 9.07. The molecular formula is C19H28N2O2S. The van der Waals surface area contributed by atoms with Gasteiger partial charge in [0, 0.05) is 38.0 Å². The third kappa shape index (κ3) is 4.67. The Kier molecular flexibility index (Phi) is 6.44. The number of hydrogen-bond donors (Lipinski definition) is 0. The topological polar surface area (TPSA) is 32.8 Å². The largest absolute Gasteiger partial charge is 0.494 e. The van der Waals surface area contributed by atoms with E-state index >= 15 is 0 Å². The van der Waals surface area contributed by atoms with Crippen LogP contribution in [0.4, 0.5) is 0 Å². The van der Waals surface area contributed by atoms with E-state index < -0.39 is 0 Å². The van der Waals surface area contributed by atoms with Crippen molar-refractivity contribution >= 4 is 17.7 Å². The fourth-order valence-electron chi connectivity index (χ4n) is 3.52. The molecule has 0 N–H and O–H groups in total. The quantitative estimate of drug-likeness (QED) is 0.819. The number of ether oxygens (including phenoxy) is 1. The van der Waals surface area contributed by atoms with E-state index in [4.69, 9.17) is 4.74 Å². The molecule has 0 radical (unpaired) electrons. The van der Waals surface area contributed by atoms with Gasteiger partial charge in [-0.2, -0.15) is 11.8 Å². The molecule has 5 heteroatoms. The lowest BCUT2D eigenvalue weighted by Crippen LogP contribution is -2.40. The molecule has 1 unspecified atom stereocenters. The van der Waals surface area contributed by atoms with Crippen LogP contribution >= 0.6 is 11.8 Å². The second-order valence-corrected chi connectivity index (χ2v) is 7.69. The fraction of sp³-hybridized carbons (Fsp3) is 0.632. The van der Waals surface area contributed by atoms with Crippen LogP contribution in [0.3, 0.4) is 0 Å². The molecule has 3 rings (SSSR count). The molecule has 132 valence electrons. The number of nitrogens with zero attached hydrogens (tertiary/aromatic N) is 2. The molecule has 0 bridgehead atoms. The van der Waals surface area contributed by atoms with Crippen molar-refractivity contribution in [3.8, 4) is 5.75 Å². The van der Waals surface area contributed by atoms with E-state index in [1.165, 1.54) is 17.9 Å². The highest BCUT2D eigenvalue weighted by Crippen LogP contribution is 2.23. The summed E-state index contributed by atoms with van der Waals surface area (Å²) in [4.78, 5) is 17.3. The first-order valence-corrected chi connectivity index (χ1v) is 10.2. The molecule has 2 fully saturated rings. The van der Waals surface area contributed by atoms with Gasteiger partial charge in [-0.25, -0.2) is 0 Å². The summed E-state index contributed by atoms with van der Waals surface area (Å²) in [6.07, 6.45) is 2.90. The van der Waals surface area contributed by atoms with Gasteiger partial charge < -0.3 is 9.64 Å². The third-order valence-corrected chi connectivity index (χ3v) is 6.04. The third-order valence-electron chi connectivity index (χ3n) is 4.89. The predicted octanol–water partition coefficient (Wildman–Crippen LogP) is 2.67. The van der Waals surface area contributed by atoms with Crippen LogP contribution in [-0.4, -0.2) is 66.0 Å². The predicted molar refractivity (Wildman–Crippen MR) is 99.8 cm³/mol. The standard InChI is InChI=1S/C19H28N2O2S/c1-2-23-18-6-4-16(5-7-18)14-19(22)21-10-3-9-20(11-12-21)17-8-13-24-15-17/h4-7,17H,2-3,8-15H2,1H3. The van der Waals surface area contributed by atoms with Gasteiger partial charge in [0.05, 0.1) is 13.0 Å². The molecule has 0 spiro atoms. The first-order chi connectivity index (χ1) is 11.8. The molecule has 2 heterocycles. The number of amides is 1. The number of carbonyl (C=O) groups is 1. The minimum atomic E-state index is 0.252. The van der Waals surface area contributed by atoms with E-state index in [-0.39, 0.29) is 5.91 Å². The lowest BCUT2D eigenvalue weighted by Gasteiger charge is -2.26. The Labute approximate surface area is 149 Å². The van der Waals surface area contributed by atoms with Crippen molar-refractivity contribution in [1.82, 2.24) is 9.80 Å². The van der Waals surface area contributed by atoms with Gasteiger partial charge in [0.1, 0.15) is 5.75 Å². The van der Waals surface area contributed by atoms with Gasteiger partial charge in [-0.1, -0.05) is 12.1 Å². The lowest BCUT2D eigenvalue weighted by molar-refractivity contribution is -0.130. The van der Waals surface area contributed by atoms with Gasteiger partial charge in [-0.05, 0) is 43.2 Å². The van der Waals surface area contributed by atoms with Crippen LogP contribution in [0.1, 0.15) is 25.3 Å². The van der Waals surface area contributed by atoms with Crippen LogP contribution in [0.5, 0.6) is 5.75 Å². The average Bonchev–Trinajstić information content (AvgIpc) is 3.01. The van der Waals surface area contributed by atoms with Gasteiger partial charge >= 0.3 is 0 Å². The molecule has 4 nitrogen and oxygen atoms in total. The highest BCUT2D eigenvalue weighted by atomic mass is 32.2. The zero-order valence-electron chi connectivity index (χ0n) is 14.6. The Hall–Kier alpha value is -1.20.